The van der Waals surface area contributed by atoms with Gasteiger partial charge in [0.15, 0.2) is 0 Å². The van der Waals surface area contributed by atoms with Crippen LogP contribution in [-0.4, -0.2) is 58.5 Å². The molecule has 128 valence electrons. The molecule has 0 aromatic heterocycles. The van der Waals surface area contributed by atoms with E-state index in [0.717, 1.165) is 25.8 Å². The molecule has 1 saturated heterocycles. The van der Waals surface area contributed by atoms with Gasteiger partial charge in [0.1, 0.15) is 0 Å². The fourth-order valence-corrected chi connectivity index (χ4v) is 2.94. The normalized spacial score (nSPS) is 21.6. The summed E-state index contributed by atoms with van der Waals surface area (Å²) in [6.45, 7) is 11.2. The summed E-state index contributed by atoms with van der Waals surface area (Å²) < 4.78 is 0. The second-order valence-corrected chi connectivity index (χ2v) is 6.87. The predicted molar refractivity (Wildman–Crippen MR) is 87.3 cm³/mol. The molecule has 1 aliphatic rings. The van der Waals surface area contributed by atoms with Crippen molar-refractivity contribution in [3.63, 3.8) is 0 Å². The summed E-state index contributed by atoms with van der Waals surface area (Å²) >= 11 is 0. The van der Waals surface area contributed by atoms with Crippen molar-refractivity contribution in [1.29, 1.82) is 0 Å². The zero-order valence-electron chi connectivity index (χ0n) is 14.7. The number of amides is 2. The van der Waals surface area contributed by atoms with Crippen LogP contribution < -0.4 is 0 Å². The predicted octanol–water partition coefficient (Wildman–Crippen LogP) is 1.89. The van der Waals surface area contributed by atoms with Crippen LogP contribution in [0.1, 0.15) is 53.9 Å². The number of rotatable bonds is 6. The molecule has 1 fully saturated rings. The van der Waals surface area contributed by atoms with Gasteiger partial charge in [0.2, 0.25) is 11.8 Å². The molecule has 3 atom stereocenters. The molecule has 1 aliphatic heterocycles. The van der Waals surface area contributed by atoms with Crippen LogP contribution in [0.15, 0.2) is 0 Å². The number of nitrogens with zero attached hydrogens (tertiary/aromatic N) is 2. The lowest BCUT2D eigenvalue weighted by molar-refractivity contribution is -0.144. The van der Waals surface area contributed by atoms with Gasteiger partial charge in [-0.1, -0.05) is 13.8 Å². The summed E-state index contributed by atoms with van der Waals surface area (Å²) in [5.74, 6) is 0.111. The van der Waals surface area contributed by atoms with Crippen LogP contribution in [-0.2, 0) is 9.59 Å². The van der Waals surface area contributed by atoms with Gasteiger partial charge in [0.05, 0.1) is 12.0 Å². The molecule has 0 aromatic rings. The maximum atomic E-state index is 12.8. The first kappa shape index (κ1) is 18.9. The summed E-state index contributed by atoms with van der Waals surface area (Å²) in [5, 5.41) is 9.61. The standard InChI is InChI=1S/C17H32N2O3/c1-6-13(4)16(21)18-9-7-8-15(11-18)17(22)19(12(2)3)10-14(5)20/h12-15,20H,6-11H2,1-5H3. The van der Waals surface area contributed by atoms with Gasteiger partial charge in [-0.15, -0.1) is 0 Å². The van der Waals surface area contributed by atoms with Gasteiger partial charge in [-0.3, -0.25) is 9.59 Å². The SMILES string of the molecule is CCC(C)C(=O)N1CCCC(C(=O)N(CC(C)O)C(C)C)C1. The highest BCUT2D eigenvalue weighted by Crippen LogP contribution is 2.22. The van der Waals surface area contributed by atoms with E-state index in [-0.39, 0.29) is 29.7 Å². The van der Waals surface area contributed by atoms with E-state index in [1.165, 1.54) is 0 Å². The number of likely N-dealkylation sites (tertiary alicyclic amines) is 1. The van der Waals surface area contributed by atoms with E-state index in [1.807, 2.05) is 32.6 Å². The van der Waals surface area contributed by atoms with Gasteiger partial charge in [-0.2, -0.15) is 0 Å². The van der Waals surface area contributed by atoms with Crippen LogP contribution in [0.4, 0.5) is 0 Å². The summed E-state index contributed by atoms with van der Waals surface area (Å²) in [4.78, 5) is 28.7. The summed E-state index contributed by atoms with van der Waals surface area (Å²) in [6, 6.07) is 0.0581. The second-order valence-electron chi connectivity index (χ2n) is 6.87. The number of aliphatic hydroxyl groups excluding tert-OH is 1. The summed E-state index contributed by atoms with van der Waals surface area (Å²) in [7, 11) is 0. The van der Waals surface area contributed by atoms with Crippen molar-refractivity contribution in [2.45, 2.75) is 66.0 Å². The molecule has 1 rings (SSSR count). The Morgan fingerprint density at radius 3 is 2.41 bits per heavy atom. The van der Waals surface area contributed by atoms with Crippen molar-refractivity contribution in [2.75, 3.05) is 19.6 Å². The molecule has 2 amide bonds. The quantitative estimate of drug-likeness (QED) is 0.815. The molecule has 5 heteroatoms. The van der Waals surface area contributed by atoms with Crippen LogP contribution in [0.5, 0.6) is 0 Å². The number of aliphatic hydroxyl groups is 1. The lowest BCUT2D eigenvalue weighted by Crippen LogP contribution is -2.50. The molecule has 5 nitrogen and oxygen atoms in total. The fraction of sp³-hybridized carbons (Fsp3) is 0.882. The van der Waals surface area contributed by atoms with Gasteiger partial charge < -0.3 is 14.9 Å². The maximum Gasteiger partial charge on any atom is 0.227 e. The largest absolute Gasteiger partial charge is 0.392 e. The van der Waals surface area contributed by atoms with Crippen molar-refractivity contribution in [2.24, 2.45) is 11.8 Å². The van der Waals surface area contributed by atoms with E-state index in [2.05, 4.69) is 0 Å². The van der Waals surface area contributed by atoms with Crippen LogP contribution in [0.2, 0.25) is 0 Å². The monoisotopic (exact) mass is 312 g/mol. The third kappa shape index (κ3) is 4.97. The molecule has 1 heterocycles. The molecule has 1 N–H and O–H groups in total. The molecule has 0 saturated carbocycles. The fourth-order valence-electron chi connectivity index (χ4n) is 2.94. The van der Waals surface area contributed by atoms with E-state index in [1.54, 1.807) is 11.8 Å². The van der Waals surface area contributed by atoms with Gasteiger partial charge >= 0.3 is 0 Å². The highest BCUT2D eigenvalue weighted by Gasteiger charge is 2.33. The van der Waals surface area contributed by atoms with Crippen molar-refractivity contribution in [3.8, 4) is 0 Å². The minimum atomic E-state index is -0.534. The van der Waals surface area contributed by atoms with E-state index in [9.17, 15) is 14.7 Å². The molecular weight excluding hydrogens is 280 g/mol. The highest BCUT2D eigenvalue weighted by atomic mass is 16.3. The van der Waals surface area contributed by atoms with E-state index in [0.29, 0.717) is 13.1 Å². The first-order valence-electron chi connectivity index (χ1n) is 8.55. The first-order chi connectivity index (χ1) is 10.3. The molecular formula is C17H32N2O3. The third-order valence-electron chi connectivity index (χ3n) is 4.48. The van der Waals surface area contributed by atoms with E-state index < -0.39 is 6.10 Å². The van der Waals surface area contributed by atoms with E-state index in [4.69, 9.17) is 0 Å². The smallest absolute Gasteiger partial charge is 0.227 e. The molecule has 0 aromatic carbocycles. The van der Waals surface area contributed by atoms with Crippen LogP contribution in [0, 0.1) is 11.8 Å². The zero-order valence-corrected chi connectivity index (χ0v) is 14.7. The van der Waals surface area contributed by atoms with E-state index >= 15 is 0 Å². The van der Waals surface area contributed by atoms with Gasteiger partial charge in [0.25, 0.3) is 0 Å². The number of hydrogen-bond acceptors (Lipinski definition) is 3. The number of hydrogen-bond donors (Lipinski definition) is 1. The molecule has 0 spiro atoms. The first-order valence-corrected chi connectivity index (χ1v) is 8.55. The molecule has 3 unspecified atom stereocenters. The summed E-state index contributed by atoms with van der Waals surface area (Å²) in [6.07, 6.45) is 1.99. The Morgan fingerprint density at radius 2 is 1.91 bits per heavy atom. The van der Waals surface area contributed by atoms with Crippen molar-refractivity contribution in [3.05, 3.63) is 0 Å². The molecule has 0 radical (unpaired) electrons. The van der Waals surface area contributed by atoms with Crippen molar-refractivity contribution < 1.29 is 14.7 Å². The lowest BCUT2D eigenvalue weighted by atomic mass is 9.94. The van der Waals surface area contributed by atoms with Gasteiger partial charge in [-0.25, -0.2) is 0 Å². The number of carbonyl (C=O) groups excluding carboxylic acids is 2. The summed E-state index contributed by atoms with van der Waals surface area (Å²) in [5.41, 5.74) is 0. The van der Waals surface area contributed by atoms with Crippen molar-refractivity contribution >= 4 is 11.8 Å². The number of carbonyl (C=O) groups is 2. The van der Waals surface area contributed by atoms with Gasteiger partial charge in [0, 0.05) is 31.6 Å². The molecule has 0 aliphatic carbocycles. The Morgan fingerprint density at radius 1 is 1.27 bits per heavy atom. The van der Waals surface area contributed by atoms with Crippen LogP contribution in [0.3, 0.4) is 0 Å². The maximum absolute atomic E-state index is 12.8. The minimum absolute atomic E-state index is 0.0208. The zero-order chi connectivity index (χ0) is 16.9. The van der Waals surface area contributed by atoms with Crippen LogP contribution >= 0.6 is 0 Å². The highest BCUT2D eigenvalue weighted by molar-refractivity contribution is 5.82. The Labute approximate surface area is 134 Å². The molecule has 0 bridgehead atoms. The Bertz CT molecular complexity index is 382. The molecule has 22 heavy (non-hydrogen) atoms. The average molecular weight is 312 g/mol. The van der Waals surface area contributed by atoms with Gasteiger partial charge in [-0.05, 0) is 40.0 Å². The average Bonchev–Trinajstić information content (AvgIpc) is 2.50. The lowest BCUT2D eigenvalue weighted by Gasteiger charge is -2.37. The Kier molecular flexibility index (Phi) is 7.33. The third-order valence-corrected chi connectivity index (χ3v) is 4.48. The van der Waals surface area contributed by atoms with Crippen LogP contribution in [0.25, 0.3) is 0 Å². The Balaban J connectivity index is 2.74. The second kappa shape index (κ2) is 8.51. The topological polar surface area (TPSA) is 60.9 Å². The van der Waals surface area contributed by atoms with Crippen molar-refractivity contribution in [1.82, 2.24) is 9.80 Å². The minimum Gasteiger partial charge on any atom is -0.392 e. The number of piperidine rings is 1. The Hall–Kier alpha value is -1.10.